The summed E-state index contributed by atoms with van der Waals surface area (Å²) in [7, 11) is 2.44. The molecule has 0 atom stereocenters. The Bertz CT molecular complexity index is 1400. The van der Waals surface area contributed by atoms with E-state index >= 15 is 0 Å². The van der Waals surface area contributed by atoms with Crippen LogP contribution in [-0.4, -0.2) is 34.0 Å². The molecule has 0 aliphatic carbocycles. The van der Waals surface area contributed by atoms with Crippen molar-refractivity contribution in [2.75, 3.05) is 10.6 Å². The maximum Gasteiger partial charge on any atom is 0.335 e. The Balaban J connectivity index is 1.61. The summed E-state index contributed by atoms with van der Waals surface area (Å²) in [6, 6.07) is 25.8. The summed E-state index contributed by atoms with van der Waals surface area (Å²) in [5.41, 5.74) is 1.43. The standard InChI is InChI=1S/C28H20N2O6S2/c31-25(17-7-3-1-4-8-17)29-21-15-19(27(33)34)11-13-23(21)37-38-24-14-12-20(28(35)36)16-22(24)30-26(32)18-9-5-2-6-10-18/h1-16H,(H,29,31)(H,30,32)(H,33,34)(H,35,36). The molecule has 4 rings (SSSR count). The van der Waals surface area contributed by atoms with Gasteiger partial charge in [0.1, 0.15) is 0 Å². The first-order chi connectivity index (χ1) is 18.3. The van der Waals surface area contributed by atoms with Gasteiger partial charge >= 0.3 is 11.9 Å². The maximum atomic E-state index is 12.8. The summed E-state index contributed by atoms with van der Waals surface area (Å²) in [5.74, 6) is -3.08. The maximum absolute atomic E-state index is 12.8. The summed E-state index contributed by atoms with van der Waals surface area (Å²) in [4.78, 5) is 49.7. The Labute approximate surface area is 225 Å². The third-order valence-electron chi connectivity index (χ3n) is 5.24. The van der Waals surface area contributed by atoms with Crippen LogP contribution in [0.3, 0.4) is 0 Å². The van der Waals surface area contributed by atoms with Gasteiger partial charge < -0.3 is 20.8 Å². The molecule has 190 valence electrons. The Kier molecular flexibility index (Phi) is 8.47. The lowest BCUT2D eigenvalue weighted by atomic mass is 10.1. The van der Waals surface area contributed by atoms with Gasteiger partial charge in [-0.2, -0.15) is 0 Å². The number of nitrogens with one attached hydrogen (secondary N) is 2. The highest BCUT2D eigenvalue weighted by Crippen LogP contribution is 2.44. The van der Waals surface area contributed by atoms with Crippen LogP contribution in [0.15, 0.2) is 107 Å². The Hall–Kier alpha value is -4.54. The largest absolute Gasteiger partial charge is 0.478 e. The second-order valence-corrected chi connectivity index (χ2v) is 10.1. The molecule has 0 aromatic heterocycles. The molecule has 38 heavy (non-hydrogen) atoms. The van der Waals surface area contributed by atoms with Crippen LogP contribution in [0.1, 0.15) is 41.4 Å². The van der Waals surface area contributed by atoms with Crippen LogP contribution >= 0.6 is 21.6 Å². The molecule has 4 aromatic rings. The van der Waals surface area contributed by atoms with Crippen molar-refractivity contribution in [3.8, 4) is 0 Å². The minimum absolute atomic E-state index is 0.00402. The SMILES string of the molecule is O=C(O)c1ccc(SSc2ccc(C(=O)O)cc2NC(=O)c2ccccc2)c(NC(=O)c2ccccc2)c1. The van der Waals surface area contributed by atoms with Gasteiger partial charge in [-0.1, -0.05) is 58.0 Å². The van der Waals surface area contributed by atoms with Crippen molar-refractivity contribution < 1.29 is 29.4 Å². The van der Waals surface area contributed by atoms with E-state index in [0.29, 0.717) is 32.3 Å². The van der Waals surface area contributed by atoms with Gasteiger partial charge in [0.05, 0.1) is 22.5 Å². The fourth-order valence-electron chi connectivity index (χ4n) is 3.32. The van der Waals surface area contributed by atoms with Gasteiger partial charge in [-0.3, -0.25) is 9.59 Å². The quantitative estimate of drug-likeness (QED) is 0.178. The average molecular weight is 545 g/mol. The topological polar surface area (TPSA) is 133 Å². The van der Waals surface area contributed by atoms with Crippen LogP contribution in [0.25, 0.3) is 0 Å². The molecule has 8 nitrogen and oxygen atoms in total. The van der Waals surface area contributed by atoms with Crippen LogP contribution in [-0.2, 0) is 0 Å². The molecule has 0 bridgehead atoms. The molecule has 4 N–H and O–H groups in total. The van der Waals surface area contributed by atoms with E-state index in [1.165, 1.54) is 45.9 Å². The zero-order valence-electron chi connectivity index (χ0n) is 19.6. The van der Waals surface area contributed by atoms with E-state index in [-0.39, 0.29) is 11.1 Å². The lowest BCUT2D eigenvalue weighted by Gasteiger charge is -2.14. The predicted molar refractivity (Wildman–Crippen MR) is 147 cm³/mol. The molecule has 0 aliphatic heterocycles. The molecule has 4 aromatic carbocycles. The third kappa shape index (κ3) is 6.61. The van der Waals surface area contributed by atoms with Gasteiger partial charge in [0.15, 0.2) is 0 Å². The Morgan fingerprint density at radius 2 is 0.868 bits per heavy atom. The van der Waals surface area contributed by atoms with E-state index in [0.717, 1.165) is 0 Å². The zero-order chi connectivity index (χ0) is 27.1. The summed E-state index contributed by atoms with van der Waals surface area (Å²) >= 11 is 0. The molecule has 0 saturated carbocycles. The molecule has 0 aliphatic rings. The van der Waals surface area contributed by atoms with Gasteiger partial charge in [-0.25, -0.2) is 9.59 Å². The number of rotatable bonds is 9. The van der Waals surface area contributed by atoms with E-state index in [1.54, 1.807) is 72.8 Å². The minimum Gasteiger partial charge on any atom is -0.478 e. The number of carbonyl (C=O) groups is 4. The van der Waals surface area contributed by atoms with Gasteiger partial charge in [-0.05, 0) is 60.7 Å². The molecular weight excluding hydrogens is 524 g/mol. The van der Waals surface area contributed by atoms with Crippen molar-refractivity contribution in [3.05, 3.63) is 119 Å². The van der Waals surface area contributed by atoms with Crippen molar-refractivity contribution in [3.63, 3.8) is 0 Å². The summed E-state index contributed by atoms with van der Waals surface area (Å²) < 4.78 is 0. The minimum atomic E-state index is -1.14. The molecular formula is C28H20N2O6S2. The Morgan fingerprint density at radius 3 is 1.21 bits per heavy atom. The zero-order valence-corrected chi connectivity index (χ0v) is 21.2. The number of hydrogen-bond acceptors (Lipinski definition) is 6. The van der Waals surface area contributed by atoms with Crippen LogP contribution in [0.4, 0.5) is 11.4 Å². The first kappa shape index (κ1) is 26.5. The molecule has 0 radical (unpaired) electrons. The number of benzene rings is 4. The smallest absolute Gasteiger partial charge is 0.335 e. The fraction of sp³-hybridized carbons (Fsp3) is 0. The molecule has 10 heteroatoms. The number of carboxylic acid groups (broad SMARTS) is 2. The second-order valence-electron chi connectivity index (χ2n) is 7.84. The number of hydrogen-bond donors (Lipinski definition) is 4. The van der Waals surface area contributed by atoms with Crippen LogP contribution in [0.2, 0.25) is 0 Å². The van der Waals surface area contributed by atoms with E-state index in [2.05, 4.69) is 10.6 Å². The van der Waals surface area contributed by atoms with Gasteiger partial charge in [-0.15, -0.1) is 0 Å². The molecule has 0 heterocycles. The summed E-state index contributed by atoms with van der Waals surface area (Å²) in [6.45, 7) is 0. The fourth-order valence-corrected chi connectivity index (χ4v) is 5.56. The first-order valence-electron chi connectivity index (χ1n) is 11.1. The van der Waals surface area contributed by atoms with Crippen LogP contribution in [0, 0.1) is 0 Å². The lowest BCUT2D eigenvalue weighted by Crippen LogP contribution is -2.13. The van der Waals surface area contributed by atoms with Gasteiger partial charge in [0.2, 0.25) is 0 Å². The number of carboxylic acids is 2. The van der Waals surface area contributed by atoms with Crippen molar-refractivity contribution in [1.82, 2.24) is 0 Å². The van der Waals surface area contributed by atoms with E-state index in [4.69, 9.17) is 0 Å². The summed E-state index contributed by atoms with van der Waals surface area (Å²) in [6.07, 6.45) is 0. The predicted octanol–water partition coefficient (Wildman–Crippen LogP) is 6.39. The first-order valence-corrected chi connectivity index (χ1v) is 13.3. The molecule has 2 amide bonds. The van der Waals surface area contributed by atoms with E-state index in [9.17, 15) is 29.4 Å². The third-order valence-corrected chi connectivity index (χ3v) is 7.72. The van der Waals surface area contributed by atoms with Crippen molar-refractivity contribution in [2.45, 2.75) is 9.79 Å². The van der Waals surface area contributed by atoms with Crippen LogP contribution < -0.4 is 10.6 Å². The highest BCUT2D eigenvalue weighted by molar-refractivity contribution is 8.76. The van der Waals surface area contributed by atoms with E-state index < -0.39 is 23.8 Å². The average Bonchev–Trinajstić information content (AvgIpc) is 2.93. The van der Waals surface area contributed by atoms with Crippen LogP contribution in [0.5, 0.6) is 0 Å². The number of amides is 2. The molecule has 0 spiro atoms. The Morgan fingerprint density at radius 1 is 0.500 bits per heavy atom. The van der Waals surface area contributed by atoms with E-state index in [1.807, 2.05) is 0 Å². The second kappa shape index (κ2) is 12.1. The molecule has 0 fully saturated rings. The molecule has 0 saturated heterocycles. The van der Waals surface area contributed by atoms with Gasteiger partial charge in [0.25, 0.3) is 11.8 Å². The monoisotopic (exact) mass is 544 g/mol. The lowest BCUT2D eigenvalue weighted by molar-refractivity contribution is 0.0686. The highest BCUT2D eigenvalue weighted by atomic mass is 33.1. The summed E-state index contributed by atoms with van der Waals surface area (Å²) in [5, 5.41) is 24.4. The number of anilines is 2. The number of aromatic carboxylic acids is 2. The van der Waals surface area contributed by atoms with Gasteiger partial charge in [0, 0.05) is 20.9 Å². The van der Waals surface area contributed by atoms with Crippen molar-refractivity contribution in [2.24, 2.45) is 0 Å². The van der Waals surface area contributed by atoms with Crippen molar-refractivity contribution >= 4 is 56.7 Å². The highest BCUT2D eigenvalue weighted by Gasteiger charge is 2.17. The van der Waals surface area contributed by atoms with Crippen molar-refractivity contribution in [1.29, 1.82) is 0 Å². The molecule has 0 unspecified atom stereocenters. The number of carbonyl (C=O) groups excluding carboxylic acids is 2. The normalized spacial score (nSPS) is 10.4.